The van der Waals surface area contributed by atoms with Crippen molar-refractivity contribution in [1.29, 1.82) is 0 Å². The highest BCUT2D eigenvalue weighted by molar-refractivity contribution is 5.96. The Morgan fingerprint density at radius 3 is 2.60 bits per heavy atom. The minimum Gasteiger partial charge on any atom is -0.467 e. The molecule has 0 bridgehead atoms. The topological polar surface area (TPSA) is 65.8 Å². The van der Waals surface area contributed by atoms with Gasteiger partial charge in [-0.15, -0.1) is 0 Å². The number of hydrogen-bond donors (Lipinski definition) is 1. The Hall–Kier alpha value is -2.76. The summed E-state index contributed by atoms with van der Waals surface area (Å²) < 4.78 is 5.24. The van der Waals surface area contributed by atoms with Crippen molar-refractivity contribution in [3.63, 3.8) is 0 Å². The van der Waals surface area contributed by atoms with Crippen molar-refractivity contribution in [2.75, 3.05) is 29.4 Å². The van der Waals surface area contributed by atoms with Crippen LogP contribution in [0.1, 0.15) is 19.6 Å². The summed E-state index contributed by atoms with van der Waals surface area (Å²) in [7, 11) is 0. The second-order valence-corrected chi connectivity index (χ2v) is 6.46. The largest absolute Gasteiger partial charge is 0.467 e. The number of benzene rings is 1. The molecular weight excluding hydrogens is 318 g/mol. The monoisotopic (exact) mass is 341 g/mol. The minimum atomic E-state index is -0.0744. The first-order valence-corrected chi connectivity index (χ1v) is 8.45. The van der Waals surface area contributed by atoms with Crippen LogP contribution in [0.2, 0.25) is 0 Å². The van der Waals surface area contributed by atoms with Gasteiger partial charge in [-0.05, 0) is 30.2 Å². The van der Waals surface area contributed by atoms with E-state index >= 15 is 0 Å². The Morgan fingerprint density at radius 1 is 1.16 bits per heavy atom. The molecule has 0 radical (unpaired) electrons. The van der Waals surface area contributed by atoms with Crippen molar-refractivity contribution in [2.24, 2.45) is 5.92 Å². The number of hydrogen-bond acceptors (Lipinski definition) is 4. The number of rotatable bonds is 4. The fourth-order valence-corrected chi connectivity index (χ4v) is 3.18. The first-order chi connectivity index (χ1) is 12.0. The summed E-state index contributed by atoms with van der Waals surface area (Å²) in [6.07, 6.45) is 1.59. The maximum atomic E-state index is 12.4. The quantitative estimate of drug-likeness (QED) is 0.927. The lowest BCUT2D eigenvalue weighted by Crippen LogP contribution is -2.39. The summed E-state index contributed by atoms with van der Waals surface area (Å²) >= 11 is 0. The van der Waals surface area contributed by atoms with E-state index in [1.165, 1.54) is 0 Å². The van der Waals surface area contributed by atoms with E-state index < -0.39 is 0 Å². The smallest absolute Gasteiger partial charge is 0.239 e. The molecule has 2 amide bonds. The standard InChI is InChI=1S/C19H23N3O3/c1-14-11-21(13-19(24)20-10-16-6-5-9-25-16)17-7-3-4-8-18(17)22(12-14)15(2)23/h3-9,14H,10-13H2,1-2H3,(H,20,24)/t14-/m1/s1. The normalized spacial score (nSPS) is 17.0. The Balaban J connectivity index is 1.76. The van der Waals surface area contributed by atoms with E-state index in [-0.39, 0.29) is 24.3 Å². The number of nitrogens with one attached hydrogen (secondary N) is 1. The summed E-state index contributed by atoms with van der Waals surface area (Å²) in [5.41, 5.74) is 1.77. The van der Waals surface area contributed by atoms with Gasteiger partial charge in [0.1, 0.15) is 5.76 Å². The van der Waals surface area contributed by atoms with Crippen LogP contribution in [0.15, 0.2) is 47.1 Å². The Kier molecular flexibility index (Phi) is 5.07. The number of amides is 2. The molecule has 0 spiro atoms. The van der Waals surface area contributed by atoms with Crippen molar-refractivity contribution in [3.05, 3.63) is 48.4 Å². The van der Waals surface area contributed by atoms with Crippen molar-refractivity contribution >= 4 is 23.2 Å². The van der Waals surface area contributed by atoms with Crippen molar-refractivity contribution in [2.45, 2.75) is 20.4 Å². The van der Waals surface area contributed by atoms with Gasteiger partial charge < -0.3 is 19.5 Å². The maximum Gasteiger partial charge on any atom is 0.239 e. The van der Waals surface area contributed by atoms with E-state index in [0.717, 1.165) is 23.7 Å². The molecule has 1 atom stereocenters. The predicted molar refractivity (Wildman–Crippen MR) is 96.4 cm³/mol. The van der Waals surface area contributed by atoms with Crippen molar-refractivity contribution in [3.8, 4) is 0 Å². The molecule has 132 valence electrons. The number of fused-ring (bicyclic) bond motifs is 1. The third-order valence-electron chi connectivity index (χ3n) is 4.29. The molecule has 25 heavy (non-hydrogen) atoms. The third kappa shape index (κ3) is 4.02. The summed E-state index contributed by atoms with van der Waals surface area (Å²) in [5, 5.41) is 2.88. The molecule has 2 heterocycles. The highest BCUT2D eigenvalue weighted by Gasteiger charge is 2.27. The highest BCUT2D eigenvalue weighted by Crippen LogP contribution is 2.33. The fourth-order valence-electron chi connectivity index (χ4n) is 3.18. The Bertz CT molecular complexity index is 742. The van der Waals surface area contributed by atoms with E-state index in [1.54, 1.807) is 24.2 Å². The molecule has 1 aromatic carbocycles. The van der Waals surface area contributed by atoms with Gasteiger partial charge in [0.05, 0.1) is 30.7 Å². The van der Waals surface area contributed by atoms with Gasteiger partial charge in [-0.3, -0.25) is 9.59 Å². The zero-order valence-electron chi connectivity index (χ0n) is 14.6. The van der Waals surface area contributed by atoms with E-state index in [4.69, 9.17) is 4.42 Å². The molecule has 0 aliphatic carbocycles. The fraction of sp³-hybridized carbons (Fsp3) is 0.368. The van der Waals surface area contributed by atoms with E-state index in [9.17, 15) is 9.59 Å². The average molecular weight is 341 g/mol. The highest BCUT2D eigenvalue weighted by atomic mass is 16.3. The van der Waals surface area contributed by atoms with Crippen LogP contribution in [0.3, 0.4) is 0 Å². The zero-order chi connectivity index (χ0) is 17.8. The molecule has 0 saturated heterocycles. The number of anilines is 2. The van der Waals surface area contributed by atoms with Gasteiger partial charge in [-0.1, -0.05) is 19.1 Å². The van der Waals surface area contributed by atoms with Gasteiger partial charge >= 0.3 is 0 Å². The van der Waals surface area contributed by atoms with Gasteiger partial charge in [-0.2, -0.15) is 0 Å². The van der Waals surface area contributed by atoms with Crippen LogP contribution in [-0.4, -0.2) is 31.4 Å². The average Bonchev–Trinajstić information content (AvgIpc) is 3.06. The van der Waals surface area contributed by atoms with E-state index in [2.05, 4.69) is 12.2 Å². The SMILES string of the molecule is CC(=O)N1C[C@H](C)CN(CC(=O)NCc2ccco2)c2ccccc21. The molecule has 2 aromatic rings. The van der Waals surface area contributed by atoms with Crippen molar-refractivity contribution < 1.29 is 14.0 Å². The first kappa shape index (κ1) is 17.1. The molecular formula is C19H23N3O3. The molecule has 0 fully saturated rings. The second kappa shape index (κ2) is 7.42. The molecule has 1 aliphatic rings. The summed E-state index contributed by atoms with van der Waals surface area (Å²) in [5.74, 6) is 0.924. The van der Waals surface area contributed by atoms with Gasteiger partial charge in [0, 0.05) is 20.0 Å². The van der Waals surface area contributed by atoms with Crippen molar-refractivity contribution in [1.82, 2.24) is 5.32 Å². The number of carbonyl (C=O) groups excluding carboxylic acids is 2. The van der Waals surface area contributed by atoms with Crippen LogP contribution < -0.4 is 15.1 Å². The van der Waals surface area contributed by atoms with Crippen LogP contribution >= 0.6 is 0 Å². The second-order valence-electron chi connectivity index (χ2n) is 6.46. The number of nitrogens with zero attached hydrogens (tertiary/aromatic N) is 2. The zero-order valence-corrected chi connectivity index (χ0v) is 14.6. The Morgan fingerprint density at radius 2 is 1.92 bits per heavy atom. The lowest BCUT2D eigenvalue weighted by atomic mass is 10.1. The lowest BCUT2D eigenvalue weighted by molar-refractivity contribution is -0.120. The molecule has 0 saturated carbocycles. The number of carbonyl (C=O) groups is 2. The van der Waals surface area contributed by atoms with Gasteiger partial charge in [0.25, 0.3) is 0 Å². The number of furan rings is 1. The maximum absolute atomic E-state index is 12.4. The first-order valence-electron chi connectivity index (χ1n) is 8.45. The van der Waals surface area contributed by atoms with E-state index in [1.807, 2.05) is 35.2 Å². The number of para-hydroxylation sites is 2. The van der Waals surface area contributed by atoms with Gasteiger partial charge in [0.15, 0.2) is 0 Å². The molecule has 6 heteroatoms. The van der Waals surface area contributed by atoms with Crippen LogP contribution in [-0.2, 0) is 16.1 Å². The minimum absolute atomic E-state index is 0.0171. The lowest BCUT2D eigenvalue weighted by Gasteiger charge is -2.26. The van der Waals surface area contributed by atoms with Crippen LogP contribution in [0.5, 0.6) is 0 Å². The van der Waals surface area contributed by atoms with Gasteiger partial charge in [-0.25, -0.2) is 0 Å². The van der Waals surface area contributed by atoms with E-state index in [0.29, 0.717) is 13.1 Å². The predicted octanol–water partition coefficient (Wildman–Crippen LogP) is 2.41. The molecule has 6 nitrogen and oxygen atoms in total. The molecule has 1 N–H and O–H groups in total. The summed E-state index contributed by atoms with van der Waals surface area (Å²) in [6.45, 7) is 5.65. The van der Waals surface area contributed by atoms with Crippen LogP contribution in [0.4, 0.5) is 11.4 Å². The summed E-state index contributed by atoms with van der Waals surface area (Å²) in [4.78, 5) is 28.3. The summed E-state index contributed by atoms with van der Waals surface area (Å²) in [6, 6.07) is 11.4. The molecule has 1 aromatic heterocycles. The molecule has 3 rings (SSSR count). The Labute approximate surface area is 147 Å². The van der Waals surface area contributed by atoms with Gasteiger partial charge in [0.2, 0.25) is 11.8 Å². The molecule has 0 unspecified atom stereocenters. The third-order valence-corrected chi connectivity index (χ3v) is 4.29. The molecule has 1 aliphatic heterocycles. The van der Waals surface area contributed by atoms with Crippen LogP contribution in [0, 0.1) is 5.92 Å². The van der Waals surface area contributed by atoms with Crippen LogP contribution in [0.25, 0.3) is 0 Å².